The van der Waals surface area contributed by atoms with Crippen molar-refractivity contribution in [3.63, 3.8) is 0 Å². The van der Waals surface area contributed by atoms with Crippen molar-refractivity contribution in [2.75, 3.05) is 0 Å². The van der Waals surface area contributed by atoms with Gasteiger partial charge in [-0.15, -0.1) is 0 Å². The SMILES string of the molecule is Cc1ccc(C(=O)Cn2c(C)nc3c2CCCC3)c(C)c1. The van der Waals surface area contributed by atoms with Crippen LogP contribution < -0.4 is 0 Å². The fraction of sp³-hybridized carbons (Fsp3) is 0.444. The number of rotatable bonds is 3. The van der Waals surface area contributed by atoms with E-state index in [9.17, 15) is 4.79 Å². The molecule has 0 amide bonds. The van der Waals surface area contributed by atoms with Gasteiger partial charge in [0.15, 0.2) is 5.78 Å². The second-order valence-corrected chi connectivity index (χ2v) is 6.09. The summed E-state index contributed by atoms with van der Waals surface area (Å²) in [5.41, 5.74) is 5.56. The van der Waals surface area contributed by atoms with Crippen LogP contribution in [0.25, 0.3) is 0 Å². The quantitative estimate of drug-likeness (QED) is 0.807. The van der Waals surface area contributed by atoms with Crippen LogP contribution in [0.4, 0.5) is 0 Å². The van der Waals surface area contributed by atoms with Crippen LogP contribution in [0.3, 0.4) is 0 Å². The van der Waals surface area contributed by atoms with Crippen molar-refractivity contribution in [2.45, 2.75) is 53.0 Å². The minimum Gasteiger partial charge on any atom is -0.324 e. The number of aryl methyl sites for hydroxylation is 4. The number of carbonyl (C=O) groups excluding carboxylic acids is 1. The summed E-state index contributed by atoms with van der Waals surface area (Å²) in [5, 5.41) is 0. The lowest BCUT2D eigenvalue weighted by molar-refractivity contribution is 0.0969. The Morgan fingerprint density at radius 1 is 1.19 bits per heavy atom. The topological polar surface area (TPSA) is 34.9 Å². The molecule has 0 saturated carbocycles. The zero-order valence-electron chi connectivity index (χ0n) is 13.1. The molecule has 0 spiro atoms. The number of nitrogens with zero attached hydrogens (tertiary/aromatic N) is 2. The highest BCUT2D eigenvalue weighted by Gasteiger charge is 2.20. The predicted molar refractivity (Wildman–Crippen MR) is 83.9 cm³/mol. The Morgan fingerprint density at radius 2 is 1.95 bits per heavy atom. The Bertz CT molecular complexity index is 697. The molecule has 3 rings (SSSR count). The zero-order chi connectivity index (χ0) is 15.0. The van der Waals surface area contributed by atoms with E-state index in [4.69, 9.17) is 0 Å². The molecule has 1 aromatic carbocycles. The molecule has 1 aliphatic carbocycles. The Balaban J connectivity index is 1.90. The highest BCUT2D eigenvalue weighted by atomic mass is 16.1. The highest BCUT2D eigenvalue weighted by molar-refractivity contribution is 5.97. The molecule has 3 heteroatoms. The molecule has 21 heavy (non-hydrogen) atoms. The van der Waals surface area contributed by atoms with Crippen LogP contribution >= 0.6 is 0 Å². The molecule has 0 atom stereocenters. The van der Waals surface area contributed by atoms with Crippen LogP contribution in [0.15, 0.2) is 18.2 Å². The van der Waals surface area contributed by atoms with Crippen LogP contribution in [0.1, 0.15) is 51.5 Å². The van der Waals surface area contributed by atoms with Gasteiger partial charge in [0.05, 0.1) is 12.2 Å². The molecule has 0 unspecified atom stereocenters. The van der Waals surface area contributed by atoms with E-state index in [-0.39, 0.29) is 5.78 Å². The van der Waals surface area contributed by atoms with Crippen molar-refractivity contribution in [2.24, 2.45) is 0 Å². The number of carbonyl (C=O) groups is 1. The molecule has 0 aliphatic heterocycles. The maximum Gasteiger partial charge on any atom is 0.182 e. The number of benzene rings is 1. The van der Waals surface area contributed by atoms with Crippen molar-refractivity contribution in [1.82, 2.24) is 9.55 Å². The van der Waals surface area contributed by atoms with Gasteiger partial charge in [-0.25, -0.2) is 4.98 Å². The van der Waals surface area contributed by atoms with Crippen LogP contribution in [-0.2, 0) is 19.4 Å². The van der Waals surface area contributed by atoms with E-state index in [1.54, 1.807) is 0 Å². The van der Waals surface area contributed by atoms with E-state index < -0.39 is 0 Å². The summed E-state index contributed by atoms with van der Waals surface area (Å²) < 4.78 is 2.12. The van der Waals surface area contributed by atoms with Gasteiger partial charge in [-0.2, -0.15) is 0 Å². The van der Waals surface area contributed by atoms with Gasteiger partial charge in [-0.05, 0) is 52.0 Å². The van der Waals surface area contributed by atoms with Crippen LogP contribution in [0.2, 0.25) is 0 Å². The van der Waals surface area contributed by atoms with E-state index in [0.717, 1.165) is 29.8 Å². The second kappa shape index (κ2) is 5.47. The fourth-order valence-corrected chi connectivity index (χ4v) is 3.30. The lowest BCUT2D eigenvalue weighted by atomic mass is 10.00. The molecule has 1 aliphatic rings. The van der Waals surface area contributed by atoms with Crippen molar-refractivity contribution < 1.29 is 4.79 Å². The summed E-state index contributed by atoms with van der Waals surface area (Å²) >= 11 is 0. The molecule has 0 radical (unpaired) electrons. The number of hydrogen-bond acceptors (Lipinski definition) is 2. The minimum atomic E-state index is 0.182. The average Bonchev–Trinajstić information content (AvgIpc) is 2.75. The van der Waals surface area contributed by atoms with E-state index in [1.165, 1.54) is 29.8 Å². The van der Waals surface area contributed by atoms with Crippen LogP contribution in [-0.4, -0.2) is 15.3 Å². The molecule has 0 N–H and O–H groups in total. The predicted octanol–water partition coefficient (Wildman–Crippen LogP) is 3.57. The molecule has 2 aromatic rings. The lowest BCUT2D eigenvalue weighted by Gasteiger charge is -2.15. The number of hydrogen-bond donors (Lipinski definition) is 0. The fourth-order valence-electron chi connectivity index (χ4n) is 3.30. The van der Waals surface area contributed by atoms with E-state index in [0.29, 0.717) is 6.54 Å². The van der Waals surface area contributed by atoms with Gasteiger partial charge in [-0.1, -0.05) is 23.8 Å². The smallest absolute Gasteiger partial charge is 0.182 e. The van der Waals surface area contributed by atoms with E-state index in [1.807, 2.05) is 26.0 Å². The third-order valence-corrected chi connectivity index (χ3v) is 4.41. The molecular formula is C18H22N2O. The first kappa shape index (κ1) is 14.1. The molecule has 110 valence electrons. The summed E-state index contributed by atoms with van der Waals surface area (Å²) in [5.74, 6) is 1.15. The first-order valence-corrected chi connectivity index (χ1v) is 7.71. The number of aromatic nitrogens is 2. The highest BCUT2D eigenvalue weighted by Crippen LogP contribution is 2.23. The van der Waals surface area contributed by atoms with Crippen LogP contribution in [0.5, 0.6) is 0 Å². The van der Waals surface area contributed by atoms with Crippen molar-refractivity contribution in [3.8, 4) is 0 Å². The van der Waals surface area contributed by atoms with E-state index >= 15 is 0 Å². The third kappa shape index (κ3) is 2.65. The lowest BCUT2D eigenvalue weighted by Crippen LogP contribution is -2.16. The molecule has 0 bridgehead atoms. The Morgan fingerprint density at radius 3 is 2.71 bits per heavy atom. The number of Topliss-reactive ketones (excluding diaryl/α,β-unsaturated/α-hetero) is 1. The summed E-state index contributed by atoms with van der Waals surface area (Å²) in [7, 11) is 0. The maximum atomic E-state index is 12.6. The standard InChI is InChI=1S/C18H22N2O/c1-12-8-9-15(13(2)10-12)18(21)11-20-14(3)19-16-6-4-5-7-17(16)20/h8-10H,4-7,11H2,1-3H3. The van der Waals surface area contributed by atoms with Crippen molar-refractivity contribution in [3.05, 3.63) is 52.1 Å². The van der Waals surface area contributed by atoms with Gasteiger partial charge in [0.2, 0.25) is 0 Å². The molecule has 0 fully saturated rings. The van der Waals surface area contributed by atoms with Gasteiger partial charge >= 0.3 is 0 Å². The Hall–Kier alpha value is -1.90. The second-order valence-electron chi connectivity index (χ2n) is 6.09. The van der Waals surface area contributed by atoms with Gasteiger partial charge in [0, 0.05) is 11.3 Å². The molecular weight excluding hydrogens is 260 g/mol. The average molecular weight is 282 g/mol. The van der Waals surface area contributed by atoms with Crippen molar-refractivity contribution >= 4 is 5.78 Å². The normalized spacial score (nSPS) is 14.0. The van der Waals surface area contributed by atoms with Gasteiger partial charge < -0.3 is 4.57 Å². The summed E-state index contributed by atoms with van der Waals surface area (Å²) in [6.45, 7) is 6.49. The molecule has 0 saturated heterocycles. The number of ketones is 1. The van der Waals surface area contributed by atoms with Gasteiger partial charge in [0.1, 0.15) is 5.82 Å². The Kier molecular flexibility index (Phi) is 3.66. The largest absolute Gasteiger partial charge is 0.324 e. The third-order valence-electron chi connectivity index (χ3n) is 4.41. The molecule has 1 heterocycles. The summed E-state index contributed by atoms with van der Waals surface area (Å²) in [6.07, 6.45) is 4.53. The maximum absolute atomic E-state index is 12.6. The van der Waals surface area contributed by atoms with Gasteiger partial charge in [-0.3, -0.25) is 4.79 Å². The first-order chi connectivity index (χ1) is 10.1. The van der Waals surface area contributed by atoms with Crippen LogP contribution in [0, 0.1) is 20.8 Å². The molecule has 3 nitrogen and oxygen atoms in total. The Labute approximate surface area is 126 Å². The molecule has 1 aromatic heterocycles. The monoisotopic (exact) mass is 282 g/mol. The summed E-state index contributed by atoms with van der Waals surface area (Å²) in [4.78, 5) is 17.3. The summed E-state index contributed by atoms with van der Waals surface area (Å²) in [6, 6.07) is 6.03. The van der Waals surface area contributed by atoms with Crippen molar-refractivity contribution in [1.29, 1.82) is 0 Å². The number of fused-ring (bicyclic) bond motifs is 1. The first-order valence-electron chi connectivity index (χ1n) is 7.71. The van der Waals surface area contributed by atoms with Gasteiger partial charge in [0.25, 0.3) is 0 Å². The number of imidazole rings is 1. The van der Waals surface area contributed by atoms with E-state index in [2.05, 4.69) is 22.5 Å². The minimum absolute atomic E-state index is 0.182. The zero-order valence-corrected chi connectivity index (χ0v) is 13.1.